The van der Waals surface area contributed by atoms with Crippen molar-refractivity contribution in [2.24, 2.45) is 5.92 Å². The number of piperazine rings is 1. The number of halogens is 3. The van der Waals surface area contributed by atoms with Crippen LogP contribution in [0.25, 0.3) is 11.1 Å². The SMILES string of the molecule is Cl.Cl.OC1CCC(C(CN2CCNCC2)c2ccc(-c3cccc(Cl)c3)cc2)CC1. The molecule has 1 unspecified atom stereocenters. The van der Waals surface area contributed by atoms with Gasteiger partial charge >= 0.3 is 0 Å². The van der Waals surface area contributed by atoms with Crippen LogP contribution in [0.4, 0.5) is 0 Å². The van der Waals surface area contributed by atoms with E-state index in [1.165, 1.54) is 16.7 Å². The molecule has 0 bridgehead atoms. The third-order valence-electron chi connectivity index (χ3n) is 6.47. The van der Waals surface area contributed by atoms with E-state index >= 15 is 0 Å². The third kappa shape index (κ3) is 6.59. The van der Waals surface area contributed by atoms with Gasteiger partial charge in [-0.15, -0.1) is 24.8 Å². The second-order valence-electron chi connectivity index (χ2n) is 8.36. The summed E-state index contributed by atoms with van der Waals surface area (Å²) in [6.45, 7) is 5.56. The molecule has 0 aromatic heterocycles. The normalized spacial score (nSPS) is 23.1. The summed E-state index contributed by atoms with van der Waals surface area (Å²) < 4.78 is 0. The Hall–Kier alpha value is -0.810. The van der Waals surface area contributed by atoms with E-state index in [1.54, 1.807) is 0 Å². The molecule has 0 radical (unpaired) electrons. The van der Waals surface area contributed by atoms with Gasteiger partial charge in [0.25, 0.3) is 0 Å². The molecule has 2 N–H and O–H groups in total. The molecule has 2 aromatic carbocycles. The first-order valence-electron chi connectivity index (χ1n) is 10.7. The first-order valence-corrected chi connectivity index (χ1v) is 11.0. The number of rotatable bonds is 5. The van der Waals surface area contributed by atoms with Gasteiger partial charge in [-0.1, -0.05) is 48.0 Å². The first kappa shape index (κ1) is 25.5. The summed E-state index contributed by atoms with van der Waals surface area (Å²) in [5.41, 5.74) is 3.82. The van der Waals surface area contributed by atoms with Crippen LogP contribution < -0.4 is 5.32 Å². The molecule has 1 saturated heterocycles. The van der Waals surface area contributed by atoms with Crippen LogP contribution in [0.3, 0.4) is 0 Å². The van der Waals surface area contributed by atoms with Crippen molar-refractivity contribution in [1.82, 2.24) is 10.2 Å². The minimum atomic E-state index is -0.0960. The topological polar surface area (TPSA) is 35.5 Å². The van der Waals surface area contributed by atoms with Crippen LogP contribution in [-0.4, -0.2) is 48.8 Å². The van der Waals surface area contributed by atoms with Crippen molar-refractivity contribution in [3.05, 3.63) is 59.1 Å². The van der Waals surface area contributed by atoms with Gasteiger partial charge in [0.15, 0.2) is 0 Å². The van der Waals surface area contributed by atoms with Gasteiger partial charge in [0, 0.05) is 37.7 Å². The molecule has 1 saturated carbocycles. The monoisotopic (exact) mass is 470 g/mol. The Bertz CT molecular complexity index is 757. The van der Waals surface area contributed by atoms with Crippen LogP contribution in [0, 0.1) is 5.92 Å². The molecular formula is C24H33Cl3N2O. The van der Waals surface area contributed by atoms with E-state index in [0.717, 1.165) is 63.4 Å². The van der Waals surface area contributed by atoms with Crippen molar-refractivity contribution in [3.63, 3.8) is 0 Å². The van der Waals surface area contributed by atoms with Gasteiger partial charge in [-0.05, 0) is 66.3 Å². The number of nitrogens with zero attached hydrogens (tertiary/aromatic N) is 1. The molecule has 4 rings (SSSR count). The summed E-state index contributed by atoms with van der Waals surface area (Å²) in [5, 5.41) is 14.2. The Morgan fingerprint density at radius 3 is 2.23 bits per heavy atom. The second-order valence-corrected chi connectivity index (χ2v) is 8.79. The molecule has 3 nitrogen and oxygen atoms in total. The quantitative estimate of drug-likeness (QED) is 0.613. The number of benzene rings is 2. The van der Waals surface area contributed by atoms with E-state index in [9.17, 15) is 5.11 Å². The molecule has 0 amide bonds. The average Bonchev–Trinajstić information content (AvgIpc) is 2.74. The minimum Gasteiger partial charge on any atom is -0.393 e. The fourth-order valence-electron chi connectivity index (χ4n) is 4.79. The van der Waals surface area contributed by atoms with E-state index in [-0.39, 0.29) is 30.9 Å². The van der Waals surface area contributed by atoms with Gasteiger partial charge in [0.1, 0.15) is 0 Å². The summed E-state index contributed by atoms with van der Waals surface area (Å²) in [6.07, 6.45) is 4.07. The van der Waals surface area contributed by atoms with Crippen molar-refractivity contribution in [3.8, 4) is 11.1 Å². The van der Waals surface area contributed by atoms with Crippen molar-refractivity contribution in [2.45, 2.75) is 37.7 Å². The molecule has 1 aliphatic carbocycles. The lowest BCUT2D eigenvalue weighted by atomic mass is 9.75. The first-order chi connectivity index (χ1) is 13.7. The van der Waals surface area contributed by atoms with E-state index < -0.39 is 0 Å². The van der Waals surface area contributed by atoms with Crippen LogP contribution in [0.5, 0.6) is 0 Å². The Labute approximate surface area is 198 Å². The zero-order valence-corrected chi connectivity index (χ0v) is 19.7. The van der Waals surface area contributed by atoms with Crippen LogP contribution >= 0.6 is 36.4 Å². The Morgan fingerprint density at radius 2 is 1.60 bits per heavy atom. The Morgan fingerprint density at radius 1 is 0.933 bits per heavy atom. The molecule has 166 valence electrons. The molecule has 2 fully saturated rings. The molecule has 2 aliphatic rings. The summed E-state index contributed by atoms with van der Waals surface area (Å²) >= 11 is 6.17. The Balaban J connectivity index is 0.00000160. The smallest absolute Gasteiger partial charge is 0.0540 e. The van der Waals surface area contributed by atoms with E-state index in [0.29, 0.717) is 11.8 Å². The summed E-state index contributed by atoms with van der Waals surface area (Å²) in [7, 11) is 0. The molecular weight excluding hydrogens is 439 g/mol. The maximum Gasteiger partial charge on any atom is 0.0540 e. The van der Waals surface area contributed by atoms with Gasteiger partial charge in [-0.3, -0.25) is 0 Å². The number of aliphatic hydroxyl groups excluding tert-OH is 1. The highest BCUT2D eigenvalue weighted by molar-refractivity contribution is 6.30. The van der Waals surface area contributed by atoms with Gasteiger partial charge in [0.05, 0.1) is 6.10 Å². The number of nitrogens with one attached hydrogen (secondary N) is 1. The predicted octanol–water partition coefficient (Wildman–Crippen LogP) is 5.39. The van der Waals surface area contributed by atoms with Gasteiger partial charge in [-0.25, -0.2) is 0 Å². The highest BCUT2D eigenvalue weighted by Crippen LogP contribution is 2.37. The maximum absolute atomic E-state index is 9.96. The fourth-order valence-corrected chi connectivity index (χ4v) is 4.98. The maximum atomic E-state index is 9.96. The summed E-state index contributed by atoms with van der Waals surface area (Å²) in [4.78, 5) is 2.61. The van der Waals surface area contributed by atoms with Crippen LogP contribution in [-0.2, 0) is 0 Å². The van der Waals surface area contributed by atoms with Crippen LogP contribution in [0.15, 0.2) is 48.5 Å². The highest BCUT2D eigenvalue weighted by atomic mass is 35.5. The Kier molecular flexibility index (Phi) is 10.4. The predicted molar refractivity (Wildman–Crippen MR) is 131 cm³/mol. The van der Waals surface area contributed by atoms with Crippen molar-refractivity contribution < 1.29 is 5.11 Å². The standard InChI is InChI=1S/C24H31ClN2O.2ClH/c25-22-3-1-2-21(16-22)18-4-6-19(7-5-18)24(17-27-14-12-26-13-15-27)20-8-10-23(28)11-9-20;;/h1-7,16,20,23-24,26,28H,8-15,17H2;2*1H. The fraction of sp³-hybridized carbons (Fsp3) is 0.500. The molecule has 1 aliphatic heterocycles. The van der Waals surface area contributed by atoms with Gasteiger partial charge in [-0.2, -0.15) is 0 Å². The zero-order valence-electron chi connectivity index (χ0n) is 17.3. The lowest BCUT2D eigenvalue weighted by Gasteiger charge is -2.37. The molecule has 1 heterocycles. The summed E-state index contributed by atoms with van der Waals surface area (Å²) in [5.74, 6) is 1.20. The van der Waals surface area contributed by atoms with Gasteiger partial charge in [0.2, 0.25) is 0 Å². The zero-order chi connectivity index (χ0) is 19.3. The molecule has 0 spiro atoms. The van der Waals surface area contributed by atoms with Crippen LogP contribution in [0.2, 0.25) is 5.02 Å². The second kappa shape index (κ2) is 12.3. The highest BCUT2D eigenvalue weighted by Gasteiger charge is 2.29. The number of aliphatic hydroxyl groups is 1. The third-order valence-corrected chi connectivity index (χ3v) is 6.71. The van der Waals surface area contributed by atoms with Crippen molar-refractivity contribution in [2.75, 3.05) is 32.7 Å². The van der Waals surface area contributed by atoms with Gasteiger partial charge < -0.3 is 15.3 Å². The molecule has 2 aromatic rings. The van der Waals surface area contributed by atoms with Crippen LogP contribution in [0.1, 0.15) is 37.2 Å². The minimum absolute atomic E-state index is 0. The lowest BCUT2D eigenvalue weighted by molar-refractivity contribution is 0.0932. The number of hydrogen-bond donors (Lipinski definition) is 2. The lowest BCUT2D eigenvalue weighted by Crippen LogP contribution is -2.46. The largest absolute Gasteiger partial charge is 0.393 e. The molecule has 6 heteroatoms. The average molecular weight is 472 g/mol. The van der Waals surface area contributed by atoms with Crippen molar-refractivity contribution in [1.29, 1.82) is 0 Å². The summed E-state index contributed by atoms with van der Waals surface area (Å²) in [6, 6.07) is 17.2. The van der Waals surface area contributed by atoms with E-state index in [4.69, 9.17) is 11.6 Å². The van der Waals surface area contributed by atoms with E-state index in [2.05, 4.69) is 40.5 Å². The van der Waals surface area contributed by atoms with E-state index in [1.807, 2.05) is 18.2 Å². The molecule has 1 atom stereocenters. The number of hydrogen-bond acceptors (Lipinski definition) is 3. The van der Waals surface area contributed by atoms with Crippen molar-refractivity contribution >= 4 is 36.4 Å². The molecule has 30 heavy (non-hydrogen) atoms.